The van der Waals surface area contributed by atoms with E-state index in [1.807, 2.05) is 41.5 Å². The van der Waals surface area contributed by atoms with Crippen LogP contribution in [-0.4, -0.2) is 112 Å². The van der Waals surface area contributed by atoms with Crippen LogP contribution in [0.5, 0.6) is 0 Å². The molecule has 2 rings (SSSR count). The number of carbonyl (C=O) groups excluding carboxylic acids is 4. The van der Waals surface area contributed by atoms with E-state index in [0.717, 1.165) is 51.5 Å². The molecule has 0 saturated carbocycles. The Morgan fingerprint density at radius 3 is 1.79 bits per heavy atom. The maximum absolute atomic E-state index is 12.2. The van der Waals surface area contributed by atoms with Crippen LogP contribution < -0.4 is 10.6 Å². The van der Waals surface area contributed by atoms with Gasteiger partial charge in [-0.3, -0.25) is 14.5 Å². The molecule has 0 radical (unpaired) electrons. The summed E-state index contributed by atoms with van der Waals surface area (Å²) in [5, 5.41) is 5.64. The molecule has 0 atom stereocenters. The van der Waals surface area contributed by atoms with Gasteiger partial charge in [0.05, 0.1) is 6.54 Å². The van der Waals surface area contributed by atoms with Gasteiger partial charge in [-0.15, -0.1) is 0 Å². The molecule has 0 aromatic carbocycles. The Bertz CT molecular complexity index is 875. The fraction of sp³-hybridized carbons (Fsp3) is 0.875. The fourth-order valence-electron chi connectivity index (χ4n) is 5.12. The first-order chi connectivity index (χ1) is 23.2. The molecule has 2 aliphatic heterocycles. The minimum absolute atomic E-state index is 0. The van der Waals surface area contributed by atoms with Crippen molar-refractivity contribution in [3.63, 3.8) is 0 Å². The Hall–Kier alpha value is -2.02. The van der Waals surface area contributed by atoms with E-state index in [-0.39, 0.29) is 19.3 Å². The summed E-state index contributed by atoms with van der Waals surface area (Å²) in [6, 6.07) is 1.04. The molecular formula is C32H66N4O10Si2. The number of amides is 4. The third-order valence-electron chi connectivity index (χ3n) is 7.16. The van der Waals surface area contributed by atoms with E-state index in [1.165, 1.54) is 17.4 Å². The molecule has 0 spiro atoms. The van der Waals surface area contributed by atoms with E-state index in [4.69, 9.17) is 26.6 Å². The zero-order valence-electron chi connectivity index (χ0n) is 30.5. The highest BCUT2D eigenvalue weighted by molar-refractivity contribution is 6.61. The van der Waals surface area contributed by atoms with Gasteiger partial charge in [0.2, 0.25) is 17.9 Å². The first-order valence-corrected chi connectivity index (χ1v) is 21.8. The van der Waals surface area contributed by atoms with Gasteiger partial charge in [-0.25, -0.2) is 14.6 Å². The number of isocyanates is 1. The normalized spacial score (nSPS) is 15.4. The minimum atomic E-state index is -2.66. The van der Waals surface area contributed by atoms with Crippen molar-refractivity contribution in [3.8, 4) is 0 Å². The summed E-state index contributed by atoms with van der Waals surface area (Å²) in [5.74, 6) is 0.147. The zero-order chi connectivity index (χ0) is 35.9. The van der Waals surface area contributed by atoms with Crippen LogP contribution in [0.3, 0.4) is 0 Å². The maximum atomic E-state index is 12.2. The molecule has 2 N–H and O–H groups in total. The minimum Gasteiger partial charge on any atom is -0.374 e. The second kappa shape index (κ2) is 29.9. The summed E-state index contributed by atoms with van der Waals surface area (Å²) in [6.45, 7) is 17.2. The van der Waals surface area contributed by atoms with Crippen molar-refractivity contribution in [3.05, 3.63) is 0 Å². The Morgan fingerprint density at radius 1 is 0.771 bits per heavy atom. The predicted octanol–water partition coefficient (Wildman–Crippen LogP) is 5.22. The molecule has 2 fully saturated rings. The van der Waals surface area contributed by atoms with Gasteiger partial charge in [0, 0.05) is 85.6 Å². The summed E-state index contributed by atoms with van der Waals surface area (Å²) in [7, 11) is -5.20. The number of nitrogens with one attached hydrogen (secondary N) is 2. The third-order valence-corrected chi connectivity index (χ3v) is 13.5. The van der Waals surface area contributed by atoms with Gasteiger partial charge >= 0.3 is 23.6 Å². The van der Waals surface area contributed by atoms with Crippen LogP contribution in [0.15, 0.2) is 4.99 Å². The Kier molecular flexibility index (Phi) is 28.6. The molecule has 48 heavy (non-hydrogen) atoms. The quantitative estimate of drug-likeness (QED) is 0.0737. The SMILES string of the molecule is CCO[Si](CCCN=C=O)(OCC)OCC.CCO[Si](CCCNC(=O)N1CCCCCC1=O)(OCC)OCC.O=C1CCCCCN1.[2HH]. The van der Waals surface area contributed by atoms with Crippen LogP contribution in [0.25, 0.3) is 0 Å². The fourth-order valence-corrected chi connectivity index (χ4v) is 10.3. The highest BCUT2D eigenvalue weighted by Gasteiger charge is 2.40. The summed E-state index contributed by atoms with van der Waals surface area (Å²) in [5.41, 5.74) is 0. The number of nitrogens with zero attached hydrogens (tertiary/aromatic N) is 2. The van der Waals surface area contributed by atoms with Crippen molar-refractivity contribution in [1.82, 2.24) is 15.5 Å². The van der Waals surface area contributed by atoms with Crippen LogP contribution in [0.1, 0.15) is 107 Å². The number of hydrogen-bond donors (Lipinski definition) is 2. The molecule has 0 aliphatic carbocycles. The Morgan fingerprint density at radius 2 is 1.27 bits per heavy atom. The third kappa shape index (κ3) is 21.2. The van der Waals surface area contributed by atoms with Gasteiger partial charge in [0.1, 0.15) is 0 Å². The number of rotatable bonds is 20. The highest BCUT2D eigenvalue weighted by Crippen LogP contribution is 2.19. The van der Waals surface area contributed by atoms with E-state index in [0.29, 0.717) is 84.2 Å². The van der Waals surface area contributed by atoms with Crippen LogP contribution >= 0.6 is 0 Å². The zero-order valence-corrected chi connectivity index (χ0v) is 32.5. The van der Waals surface area contributed by atoms with Gasteiger partial charge in [0.25, 0.3) is 0 Å². The van der Waals surface area contributed by atoms with E-state index < -0.39 is 17.6 Å². The van der Waals surface area contributed by atoms with Gasteiger partial charge < -0.3 is 37.2 Å². The smallest absolute Gasteiger partial charge is 0.374 e. The summed E-state index contributed by atoms with van der Waals surface area (Å²) in [4.78, 5) is 49.4. The first-order valence-electron chi connectivity index (χ1n) is 17.9. The highest BCUT2D eigenvalue weighted by atomic mass is 28.4. The molecule has 0 unspecified atom stereocenters. The van der Waals surface area contributed by atoms with Crippen molar-refractivity contribution >= 4 is 41.5 Å². The number of imide groups is 1. The van der Waals surface area contributed by atoms with Crippen molar-refractivity contribution in [2.45, 2.75) is 118 Å². The van der Waals surface area contributed by atoms with Crippen LogP contribution in [0.2, 0.25) is 12.1 Å². The molecule has 0 aromatic rings. The van der Waals surface area contributed by atoms with Gasteiger partial charge in [-0.1, -0.05) is 12.8 Å². The lowest BCUT2D eigenvalue weighted by Crippen LogP contribution is -2.47. The number of hydrogen-bond acceptors (Lipinski definition) is 11. The van der Waals surface area contributed by atoms with Crippen LogP contribution in [0.4, 0.5) is 4.79 Å². The molecule has 2 heterocycles. The molecule has 16 heteroatoms. The van der Waals surface area contributed by atoms with Gasteiger partial charge in [-0.05, 0) is 80.1 Å². The van der Waals surface area contributed by atoms with E-state index >= 15 is 0 Å². The van der Waals surface area contributed by atoms with Crippen molar-refractivity contribution in [2.75, 3.05) is 65.8 Å². The summed E-state index contributed by atoms with van der Waals surface area (Å²) >= 11 is 0. The van der Waals surface area contributed by atoms with E-state index in [9.17, 15) is 19.2 Å². The second-order valence-electron chi connectivity index (χ2n) is 10.9. The van der Waals surface area contributed by atoms with E-state index in [2.05, 4.69) is 15.6 Å². The molecule has 4 amide bonds. The molecule has 282 valence electrons. The number of urea groups is 1. The average Bonchev–Trinajstić information content (AvgIpc) is 3.44. The lowest BCUT2D eigenvalue weighted by atomic mass is 10.2. The average molecular weight is 724 g/mol. The summed E-state index contributed by atoms with van der Waals surface area (Å²) in [6.07, 6.45) is 10.3. The molecule has 0 aromatic heterocycles. The molecule has 2 aliphatic rings. The topological polar surface area (TPSA) is 163 Å². The van der Waals surface area contributed by atoms with Crippen molar-refractivity contribution in [2.24, 2.45) is 4.99 Å². The lowest BCUT2D eigenvalue weighted by molar-refractivity contribution is -0.127. The first kappa shape index (κ1) is 46.0. The number of likely N-dealkylation sites (tertiary alicyclic amines) is 1. The van der Waals surface area contributed by atoms with Crippen LogP contribution in [-0.2, 0) is 40.9 Å². The molecular weight excluding hydrogens is 657 g/mol. The van der Waals surface area contributed by atoms with Gasteiger partial charge in [-0.2, -0.15) is 0 Å². The number of aliphatic imine (C=N–C) groups is 1. The summed E-state index contributed by atoms with van der Waals surface area (Å²) < 4.78 is 34.3. The molecule has 2 saturated heterocycles. The molecule has 0 bridgehead atoms. The predicted molar refractivity (Wildman–Crippen MR) is 190 cm³/mol. The standard InChI is InChI=1S/C16H32N2O5Si.C10H21NO4Si.C6H11NO.H2/c1-4-21-24(22-5-2,23-6-3)14-10-12-17-16(20)18-13-9-7-8-11-15(18)19;1-4-13-16(14-5-2,15-6-3)9-7-8-11-10-12;8-6-4-2-1-3-5-7-6;/h4-14H2,1-3H3,(H,17,20);4-9H2,1-3H3;1-5H2,(H,7,8);1H/i;;;1+1. The van der Waals surface area contributed by atoms with Gasteiger partial charge in [0.15, 0.2) is 0 Å². The molecule has 14 nitrogen and oxygen atoms in total. The van der Waals surface area contributed by atoms with Crippen molar-refractivity contribution in [1.29, 1.82) is 0 Å². The Balaban J connectivity index is 0. The largest absolute Gasteiger partial charge is 0.500 e. The maximum Gasteiger partial charge on any atom is 0.500 e. The van der Waals surface area contributed by atoms with Crippen molar-refractivity contribution < 1.29 is 47.2 Å². The van der Waals surface area contributed by atoms with Crippen LogP contribution in [0, 0.1) is 0 Å². The monoisotopic (exact) mass is 723 g/mol. The van der Waals surface area contributed by atoms with E-state index in [1.54, 1.807) is 0 Å². The second-order valence-corrected chi connectivity index (χ2v) is 16.4. The Labute approximate surface area is 292 Å². The number of carbonyl (C=O) groups is 3. The lowest BCUT2D eigenvalue weighted by Gasteiger charge is -2.28.